The van der Waals surface area contributed by atoms with E-state index in [1.54, 1.807) is 29.1 Å². The van der Waals surface area contributed by atoms with Crippen LogP contribution in [-0.4, -0.2) is 57.9 Å². The summed E-state index contributed by atoms with van der Waals surface area (Å²) in [7, 11) is 0. The maximum atomic E-state index is 13.0. The molecule has 4 rings (SSSR count). The predicted octanol–water partition coefficient (Wildman–Crippen LogP) is 4.38. The van der Waals surface area contributed by atoms with Crippen molar-refractivity contribution in [1.29, 1.82) is 10.8 Å². The number of amides is 1. The molecule has 0 aliphatic carbocycles. The number of nitrogens with zero attached hydrogens (tertiary/aromatic N) is 2. The molecule has 0 spiro atoms. The Morgan fingerprint density at radius 2 is 1.74 bits per heavy atom. The second-order valence-corrected chi connectivity index (χ2v) is 11.3. The summed E-state index contributed by atoms with van der Waals surface area (Å²) >= 11 is 4.36. The number of aliphatic hydroxyl groups excluding tert-OH is 1. The number of pyridine rings is 2. The van der Waals surface area contributed by atoms with Gasteiger partial charge in [0.2, 0.25) is 0 Å². The van der Waals surface area contributed by atoms with Gasteiger partial charge in [0.05, 0.1) is 13.2 Å². The molecule has 1 unspecified atom stereocenters. The van der Waals surface area contributed by atoms with Crippen molar-refractivity contribution in [3.63, 3.8) is 0 Å². The highest BCUT2D eigenvalue weighted by Gasteiger charge is 2.15. The van der Waals surface area contributed by atoms with Gasteiger partial charge in [0, 0.05) is 43.0 Å². The van der Waals surface area contributed by atoms with Crippen LogP contribution in [0.5, 0.6) is 0 Å². The Morgan fingerprint density at radius 3 is 2.42 bits per heavy atom. The Balaban J connectivity index is 1.54. The number of anilines is 1. The standard InChI is InChI=1S/C33H39N7O2S/c1-21(43)17-37-20-32(35)40-14-12-25(16-31(40)34)26-6-4-7-27(22(26)2)28-8-5-9-29(23(28)3)39-33(42)30-11-10-24(19-38-30)18-36-13-15-41/h4-12,14,16,19,21,34-37,41,43H,13,15,17-18,20H2,1-3H3,(H,39,42). The molecular weight excluding hydrogens is 558 g/mol. The molecule has 2 aromatic carbocycles. The number of hydrogen-bond donors (Lipinski definition) is 7. The Kier molecular flexibility index (Phi) is 11.0. The zero-order valence-corrected chi connectivity index (χ0v) is 25.6. The van der Waals surface area contributed by atoms with Gasteiger partial charge in [-0.2, -0.15) is 12.6 Å². The summed E-state index contributed by atoms with van der Waals surface area (Å²) < 4.78 is 1.56. The van der Waals surface area contributed by atoms with Gasteiger partial charge in [-0.25, -0.2) is 0 Å². The van der Waals surface area contributed by atoms with Gasteiger partial charge in [0.15, 0.2) is 0 Å². The van der Waals surface area contributed by atoms with Gasteiger partial charge < -0.3 is 21.1 Å². The molecule has 0 bridgehead atoms. The molecule has 2 heterocycles. The zero-order valence-electron chi connectivity index (χ0n) is 24.7. The van der Waals surface area contributed by atoms with E-state index in [-0.39, 0.29) is 23.3 Å². The number of hydrogen-bond acceptors (Lipinski definition) is 8. The third kappa shape index (κ3) is 8.05. The van der Waals surface area contributed by atoms with E-state index in [0.29, 0.717) is 43.4 Å². The smallest absolute Gasteiger partial charge is 0.274 e. The first-order chi connectivity index (χ1) is 20.7. The number of rotatable bonds is 12. The fourth-order valence-corrected chi connectivity index (χ4v) is 4.98. The lowest BCUT2D eigenvalue weighted by molar-refractivity contribution is 0.102. The third-order valence-corrected chi connectivity index (χ3v) is 7.35. The molecule has 43 heavy (non-hydrogen) atoms. The summed E-state index contributed by atoms with van der Waals surface area (Å²) in [5, 5.41) is 35.3. The Labute approximate surface area is 257 Å². The summed E-state index contributed by atoms with van der Waals surface area (Å²) in [4.78, 5) is 17.3. The Bertz CT molecular complexity index is 1650. The number of aliphatic hydroxyl groups is 1. The highest BCUT2D eigenvalue weighted by Crippen LogP contribution is 2.35. The number of thiol groups is 1. The predicted molar refractivity (Wildman–Crippen MR) is 176 cm³/mol. The molecule has 0 aliphatic heterocycles. The first-order valence-corrected chi connectivity index (χ1v) is 14.7. The number of nitrogens with one attached hydrogen (secondary N) is 5. The monoisotopic (exact) mass is 597 g/mol. The molecule has 2 aromatic heterocycles. The molecule has 0 radical (unpaired) electrons. The van der Waals surface area contributed by atoms with Crippen LogP contribution in [0.15, 0.2) is 73.1 Å². The summed E-state index contributed by atoms with van der Waals surface area (Å²) in [5.74, 6) is 0.00810. The molecular formula is C33H39N7O2S. The first-order valence-electron chi connectivity index (χ1n) is 14.2. The molecule has 0 fully saturated rings. The second kappa shape index (κ2) is 14.9. The van der Waals surface area contributed by atoms with Crippen LogP contribution < -0.4 is 21.4 Å². The van der Waals surface area contributed by atoms with E-state index in [9.17, 15) is 4.79 Å². The second-order valence-electron chi connectivity index (χ2n) is 10.5. The summed E-state index contributed by atoms with van der Waals surface area (Å²) in [6.07, 6.45) is 3.43. The number of carbonyl (C=O) groups is 1. The quantitative estimate of drug-likeness (QED) is 0.0562. The largest absolute Gasteiger partial charge is 0.395 e. The molecule has 1 amide bonds. The number of benzene rings is 2. The molecule has 1 atom stereocenters. The van der Waals surface area contributed by atoms with Crippen molar-refractivity contribution in [1.82, 2.24) is 20.2 Å². The Hall–Kier alpha value is -4.09. The minimum atomic E-state index is -0.290. The summed E-state index contributed by atoms with van der Waals surface area (Å²) in [6, 6.07) is 19.2. The van der Waals surface area contributed by atoms with E-state index in [0.717, 1.165) is 38.9 Å². The van der Waals surface area contributed by atoms with E-state index in [1.807, 2.05) is 56.3 Å². The van der Waals surface area contributed by atoms with Crippen molar-refractivity contribution in [3.8, 4) is 22.3 Å². The maximum absolute atomic E-state index is 13.0. The van der Waals surface area contributed by atoms with Crippen molar-refractivity contribution in [2.45, 2.75) is 32.6 Å². The SMILES string of the molecule is Cc1c(NC(=O)c2ccc(CNCCO)cn2)cccc1-c1cccc(-c2ccn(C(=N)CNCC(C)S)c(=N)c2)c1C. The normalized spacial score (nSPS) is 11.7. The fourth-order valence-electron chi connectivity index (χ4n) is 4.85. The highest BCUT2D eigenvalue weighted by molar-refractivity contribution is 7.80. The minimum absolute atomic E-state index is 0.0654. The Morgan fingerprint density at radius 1 is 1.02 bits per heavy atom. The van der Waals surface area contributed by atoms with Crippen LogP contribution in [-0.2, 0) is 6.54 Å². The van der Waals surface area contributed by atoms with Crippen molar-refractivity contribution in [2.24, 2.45) is 0 Å². The van der Waals surface area contributed by atoms with Gasteiger partial charge in [-0.3, -0.25) is 25.2 Å². The number of aromatic nitrogens is 2. The van der Waals surface area contributed by atoms with E-state index >= 15 is 0 Å². The first kappa shape index (κ1) is 31.8. The topological polar surface area (TPSA) is 139 Å². The minimum Gasteiger partial charge on any atom is -0.395 e. The van der Waals surface area contributed by atoms with Crippen molar-refractivity contribution in [3.05, 3.63) is 101 Å². The van der Waals surface area contributed by atoms with Crippen LogP contribution in [0.2, 0.25) is 0 Å². The molecule has 4 aromatic rings. The fraction of sp³-hybridized carbons (Fsp3) is 0.273. The lowest BCUT2D eigenvalue weighted by Crippen LogP contribution is -2.35. The van der Waals surface area contributed by atoms with Crippen LogP contribution in [0.25, 0.3) is 22.3 Å². The van der Waals surface area contributed by atoms with Gasteiger partial charge in [-0.1, -0.05) is 43.3 Å². The van der Waals surface area contributed by atoms with Gasteiger partial charge in [0.25, 0.3) is 5.91 Å². The van der Waals surface area contributed by atoms with Gasteiger partial charge >= 0.3 is 0 Å². The highest BCUT2D eigenvalue weighted by atomic mass is 32.1. The van der Waals surface area contributed by atoms with E-state index in [2.05, 4.69) is 46.6 Å². The summed E-state index contributed by atoms with van der Waals surface area (Å²) in [6.45, 7) is 8.20. The van der Waals surface area contributed by atoms with Crippen molar-refractivity contribution in [2.75, 3.05) is 31.6 Å². The van der Waals surface area contributed by atoms with Crippen LogP contribution in [0.3, 0.4) is 0 Å². The maximum Gasteiger partial charge on any atom is 0.274 e. The average molecular weight is 598 g/mol. The molecule has 224 valence electrons. The van der Waals surface area contributed by atoms with Crippen LogP contribution in [0.4, 0.5) is 5.69 Å². The molecule has 0 aliphatic rings. The number of carbonyl (C=O) groups excluding carboxylic acids is 1. The van der Waals surface area contributed by atoms with E-state index < -0.39 is 0 Å². The van der Waals surface area contributed by atoms with Gasteiger partial charge in [0.1, 0.15) is 17.0 Å². The van der Waals surface area contributed by atoms with Gasteiger partial charge in [-0.05, 0) is 77.1 Å². The van der Waals surface area contributed by atoms with Gasteiger partial charge in [-0.15, -0.1) is 0 Å². The summed E-state index contributed by atoms with van der Waals surface area (Å²) in [5.41, 5.74) is 8.10. The van der Waals surface area contributed by atoms with Crippen molar-refractivity contribution >= 4 is 30.1 Å². The molecule has 10 heteroatoms. The lowest BCUT2D eigenvalue weighted by atomic mass is 9.90. The lowest BCUT2D eigenvalue weighted by Gasteiger charge is -2.17. The van der Waals surface area contributed by atoms with Crippen molar-refractivity contribution < 1.29 is 9.90 Å². The van der Waals surface area contributed by atoms with Crippen LogP contribution >= 0.6 is 12.6 Å². The zero-order chi connectivity index (χ0) is 30.9. The average Bonchev–Trinajstić information content (AvgIpc) is 2.98. The van der Waals surface area contributed by atoms with Crippen LogP contribution in [0, 0.1) is 24.7 Å². The van der Waals surface area contributed by atoms with E-state index in [4.69, 9.17) is 15.9 Å². The molecule has 9 nitrogen and oxygen atoms in total. The molecule has 6 N–H and O–H groups in total. The van der Waals surface area contributed by atoms with E-state index in [1.165, 1.54) is 0 Å². The third-order valence-electron chi connectivity index (χ3n) is 7.17. The van der Waals surface area contributed by atoms with Crippen LogP contribution in [0.1, 0.15) is 34.1 Å². The molecule has 0 saturated heterocycles. The molecule has 0 saturated carbocycles.